The molecule has 1 aromatic rings. The van der Waals surface area contributed by atoms with Crippen LogP contribution in [0.2, 0.25) is 0 Å². The molecule has 3 atom stereocenters. The quantitative estimate of drug-likeness (QED) is 0.735. The Bertz CT molecular complexity index is 781. The SMILES string of the molecule is C[C@@H]1CN([C@@H](C)CO)C(=O)c2cc(NS(C)(=O)=O)ccc2O[C@@H]1CN(C)C. The molecule has 0 radical (unpaired) electrons. The number of fused-ring (bicyclic) bond motifs is 1. The molecule has 2 N–H and O–H groups in total. The number of rotatable bonds is 6. The first-order valence-electron chi connectivity index (χ1n) is 8.87. The van der Waals surface area contributed by atoms with Crippen molar-refractivity contribution in [1.82, 2.24) is 9.80 Å². The molecule has 1 heterocycles. The number of aliphatic hydroxyl groups is 1. The number of aliphatic hydroxyl groups excluding tert-OH is 1. The topological polar surface area (TPSA) is 99.2 Å². The second kappa shape index (κ2) is 8.45. The zero-order valence-electron chi connectivity index (χ0n) is 16.5. The molecular weight excluding hydrogens is 370 g/mol. The van der Waals surface area contributed by atoms with Crippen LogP contribution in [0.3, 0.4) is 0 Å². The summed E-state index contributed by atoms with van der Waals surface area (Å²) in [7, 11) is 0.435. The van der Waals surface area contributed by atoms with E-state index in [0.717, 1.165) is 6.26 Å². The molecule has 1 aliphatic heterocycles. The summed E-state index contributed by atoms with van der Waals surface area (Å²) < 4.78 is 31.6. The van der Waals surface area contributed by atoms with Gasteiger partial charge in [0.25, 0.3) is 5.91 Å². The highest BCUT2D eigenvalue weighted by molar-refractivity contribution is 7.92. The van der Waals surface area contributed by atoms with Crippen molar-refractivity contribution in [3.63, 3.8) is 0 Å². The van der Waals surface area contributed by atoms with E-state index in [4.69, 9.17) is 4.74 Å². The number of nitrogens with one attached hydrogen (secondary N) is 1. The molecule has 1 amide bonds. The molecular formula is C18H29N3O5S. The van der Waals surface area contributed by atoms with Crippen molar-refractivity contribution in [2.24, 2.45) is 5.92 Å². The monoisotopic (exact) mass is 399 g/mol. The van der Waals surface area contributed by atoms with Crippen LogP contribution < -0.4 is 9.46 Å². The number of amides is 1. The summed E-state index contributed by atoms with van der Waals surface area (Å²) >= 11 is 0. The number of hydrogen-bond acceptors (Lipinski definition) is 6. The minimum atomic E-state index is -3.47. The van der Waals surface area contributed by atoms with Crippen molar-refractivity contribution >= 4 is 21.6 Å². The van der Waals surface area contributed by atoms with E-state index < -0.39 is 10.0 Å². The number of likely N-dealkylation sites (N-methyl/N-ethyl adjacent to an activating group) is 1. The van der Waals surface area contributed by atoms with Crippen LogP contribution in [0.15, 0.2) is 18.2 Å². The van der Waals surface area contributed by atoms with E-state index in [1.807, 2.05) is 25.9 Å². The zero-order chi connectivity index (χ0) is 20.4. The van der Waals surface area contributed by atoms with E-state index in [1.165, 1.54) is 6.07 Å². The van der Waals surface area contributed by atoms with Crippen molar-refractivity contribution in [2.45, 2.75) is 26.0 Å². The number of carbonyl (C=O) groups is 1. The number of benzene rings is 1. The van der Waals surface area contributed by atoms with Gasteiger partial charge in [-0.15, -0.1) is 0 Å². The summed E-state index contributed by atoms with van der Waals surface area (Å²) in [4.78, 5) is 16.8. The molecule has 8 nitrogen and oxygen atoms in total. The average Bonchev–Trinajstić information content (AvgIpc) is 2.56. The molecule has 0 fully saturated rings. The molecule has 2 rings (SSSR count). The van der Waals surface area contributed by atoms with Gasteiger partial charge in [0, 0.05) is 24.7 Å². The lowest BCUT2D eigenvalue weighted by Gasteiger charge is -2.37. The molecule has 9 heteroatoms. The van der Waals surface area contributed by atoms with E-state index in [9.17, 15) is 18.3 Å². The van der Waals surface area contributed by atoms with Crippen LogP contribution in [0.4, 0.5) is 5.69 Å². The highest BCUT2D eigenvalue weighted by Crippen LogP contribution is 2.30. The van der Waals surface area contributed by atoms with Crippen molar-refractivity contribution in [3.8, 4) is 5.75 Å². The first-order chi connectivity index (χ1) is 12.5. The Morgan fingerprint density at radius 2 is 2.07 bits per heavy atom. The highest BCUT2D eigenvalue weighted by Gasteiger charge is 2.33. The summed E-state index contributed by atoms with van der Waals surface area (Å²) in [5, 5.41) is 9.59. The first-order valence-corrected chi connectivity index (χ1v) is 10.8. The molecule has 0 unspecified atom stereocenters. The number of anilines is 1. The minimum absolute atomic E-state index is 0.0484. The standard InChI is InChI=1S/C18H29N3O5S/c1-12-9-21(13(2)11-22)18(23)15-8-14(19-27(5,24)25)6-7-16(15)26-17(12)10-20(3)4/h6-8,12-13,17,19,22H,9-11H2,1-5H3/t12-,13+,17-/m1/s1. The number of sulfonamides is 1. The summed E-state index contributed by atoms with van der Waals surface area (Å²) in [6.45, 7) is 4.74. The van der Waals surface area contributed by atoms with Crippen LogP contribution in [0, 0.1) is 5.92 Å². The number of ether oxygens (including phenoxy) is 1. The average molecular weight is 400 g/mol. The lowest BCUT2D eigenvalue weighted by molar-refractivity contribution is 0.0363. The van der Waals surface area contributed by atoms with Gasteiger partial charge in [-0.25, -0.2) is 8.42 Å². The smallest absolute Gasteiger partial charge is 0.258 e. The van der Waals surface area contributed by atoms with E-state index >= 15 is 0 Å². The Morgan fingerprint density at radius 1 is 1.41 bits per heavy atom. The summed E-state index contributed by atoms with van der Waals surface area (Å²) in [6, 6.07) is 4.31. The molecule has 0 saturated carbocycles. The Balaban J connectivity index is 2.51. The van der Waals surface area contributed by atoms with Crippen LogP contribution in [0.1, 0.15) is 24.2 Å². The predicted octanol–water partition coefficient (Wildman–Crippen LogP) is 0.840. The number of nitrogens with zero attached hydrogens (tertiary/aromatic N) is 2. The molecule has 0 saturated heterocycles. The van der Waals surface area contributed by atoms with Gasteiger partial charge in [0.05, 0.1) is 24.5 Å². The fraction of sp³-hybridized carbons (Fsp3) is 0.611. The van der Waals surface area contributed by atoms with E-state index in [1.54, 1.807) is 24.0 Å². The minimum Gasteiger partial charge on any atom is -0.488 e. The van der Waals surface area contributed by atoms with Gasteiger partial charge >= 0.3 is 0 Å². The van der Waals surface area contributed by atoms with Crippen LogP contribution >= 0.6 is 0 Å². The maximum Gasteiger partial charge on any atom is 0.258 e. The molecule has 0 bridgehead atoms. The van der Waals surface area contributed by atoms with Gasteiger partial charge in [-0.05, 0) is 39.2 Å². The Morgan fingerprint density at radius 3 is 2.63 bits per heavy atom. The molecule has 0 aromatic heterocycles. The van der Waals surface area contributed by atoms with Crippen LogP contribution in [-0.2, 0) is 10.0 Å². The zero-order valence-corrected chi connectivity index (χ0v) is 17.3. The third-order valence-electron chi connectivity index (χ3n) is 4.51. The highest BCUT2D eigenvalue weighted by atomic mass is 32.2. The fourth-order valence-corrected chi connectivity index (χ4v) is 3.63. The summed E-state index contributed by atoms with van der Waals surface area (Å²) in [5.41, 5.74) is 0.571. The van der Waals surface area contributed by atoms with Crippen LogP contribution in [0.25, 0.3) is 0 Å². The van der Waals surface area contributed by atoms with Gasteiger partial charge in [0.1, 0.15) is 11.9 Å². The van der Waals surface area contributed by atoms with Crippen molar-refractivity contribution in [2.75, 3.05) is 44.8 Å². The van der Waals surface area contributed by atoms with E-state index in [0.29, 0.717) is 24.5 Å². The fourth-order valence-electron chi connectivity index (χ4n) is 3.08. The van der Waals surface area contributed by atoms with Gasteiger partial charge in [0.15, 0.2) is 0 Å². The van der Waals surface area contributed by atoms with Crippen LogP contribution in [0.5, 0.6) is 5.75 Å². The van der Waals surface area contributed by atoms with Gasteiger partial charge in [-0.3, -0.25) is 9.52 Å². The normalized spacial score (nSPS) is 21.9. The first kappa shape index (κ1) is 21.5. The van der Waals surface area contributed by atoms with Crippen LogP contribution in [-0.4, -0.2) is 81.4 Å². The third kappa shape index (κ3) is 5.57. The predicted molar refractivity (Wildman–Crippen MR) is 105 cm³/mol. The Kier molecular flexibility index (Phi) is 6.72. The van der Waals surface area contributed by atoms with Crippen molar-refractivity contribution in [3.05, 3.63) is 23.8 Å². The molecule has 0 spiro atoms. The van der Waals surface area contributed by atoms with Gasteiger partial charge < -0.3 is 19.6 Å². The summed E-state index contributed by atoms with van der Waals surface area (Å²) in [6.07, 6.45) is 0.894. The van der Waals surface area contributed by atoms with E-state index in [2.05, 4.69) is 4.72 Å². The maximum absolute atomic E-state index is 13.1. The van der Waals surface area contributed by atoms with Gasteiger partial charge in [-0.2, -0.15) is 0 Å². The Hall–Kier alpha value is -1.84. The lowest BCUT2D eigenvalue weighted by Crippen LogP contribution is -2.49. The van der Waals surface area contributed by atoms with E-state index in [-0.39, 0.29) is 36.1 Å². The van der Waals surface area contributed by atoms with Crippen molar-refractivity contribution in [1.29, 1.82) is 0 Å². The molecule has 1 aliphatic rings. The molecule has 27 heavy (non-hydrogen) atoms. The van der Waals surface area contributed by atoms with Crippen molar-refractivity contribution < 1.29 is 23.1 Å². The molecule has 1 aromatic carbocycles. The molecule has 0 aliphatic carbocycles. The van der Waals surface area contributed by atoms with Gasteiger partial charge in [0.2, 0.25) is 10.0 Å². The summed E-state index contributed by atoms with van der Waals surface area (Å²) in [5.74, 6) is 0.166. The second-order valence-corrected chi connectivity index (χ2v) is 9.22. The second-order valence-electron chi connectivity index (χ2n) is 7.47. The molecule has 152 valence electrons. The maximum atomic E-state index is 13.1. The Labute approximate surface area is 161 Å². The van der Waals surface area contributed by atoms with Gasteiger partial charge in [-0.1, -0.05) is 6.92 Å². The lowest BCUT2D eigenvalue weighted by atomic mass is 9.99. The third-order valence-corrected chi connectivity index (χ3v) is 5.12. The largest absolute Gasteiger partial charge is 0.488 e. The number of carbonyl (C=O) groups excluding carboxylic acids is 1. The number of hydrogen-bond donors (Lipinski definition) is 2.